The maximum absolute atomic E-state index is 11.7. The van der Waals surface area contributed by atoms with Gasteiger partial charge in [0, 0.05) is 27.1 Å². The number of carbonyl (C=O) groups is 2. The van der Waals surface area contributed by atoms with Gasteiger partial charge in [0.15, 0.2) is 0 Å². The third kappa shape index (κ3) is 4.07. The molecule has 17 heavy (non-hydrogen) atoms. The Morgan fingerprint density at radius 3 is 2.53 bits per heavy atom. The minimum absolute atomic E-state index is 0.0236. The van der Waals surface area contributed by atoms with E-state index in [-0.39, 0.29) is 18.2 Å². The number of rotatable bonds is 4. The second-order valence-electron chi connectivity index (χ2n) is 3.77. The molecule has 92 valence electrons. The van der Waals surface area contributed by atoms with Crippen LogP contribution in [0.25, 0.3) is 0 Å². The minimum atomic E-state index is -0.262. The molecule has 2 amide bonds. The summed E-state index contributed by atoms with van der Waals surface area (Å²) in [4.78, 5) is 24.5. The molecule has 0 unspecified atom stereocenters. The minimum Gasteiger partial charge on any atom is -0.351 e. The Balaban J connectivity index is 2.46. The molecule has 5 heteroatoms. The topological polar surface area (TPSA) is 49.4 Å². The van der Waals surface area contributed by atoms with Crippen molar-refractivity contribution in [2.75, 3.05) is 20.6 Å². The van der Waals surface area contributed by atoms with Gasteiger partial charge in [-0.3, -0.25) is 9.59 Å². The molecule has 0 heterocycles. The van der Waals surface area contributed by atoms with Crippen LogP contribution in [0, 0.1) is 0 Å². The number of nitrogens with one attached hydrogen (secondary N) is 1. The Morgan fingerprint density at radius 2 is 1.94 bits per heavy atom. The predicted molar refractivity (Wildman–Crippen MR) is 67.1 cm³/mol. The number of benzene rings is 1. The molecule has 1 N–H and O–H groups in total. The Morgan fingerprint density at radius 1 is 1.29 bits per heavy atom. The van der Waals surface area contributed by atoms with Crippen LogP contribution in [0.5, 0.6) is 0 Å². The molecule has 4 nitrogen and oxygen atoms in total. The van der Waals surface area contributed by atoms with Gasteiger partial charge in [0.25, 0.3) is 5.91 Å². The molecule has 0 radical (unpaired) electrons. The lowest BCUT2D eigenvalue weighted by molar-refractivity contribution is -0.128. The van der Waals surface area contributed by atoms with Crippen molar-refractivity contribution in [3.63, 3.8) is 0 Å². The molecule has 1 aromatic carbocycles. The van der Waals surface area contributed by atoms with Crippen molar-refractivity contribution in [2.45, 2.75) is 6.42 Å². The first-order valence-electron chi connectivity index (χ1n) is 5.25. The summed E-state index contributed by atoms with van der Waals surface area (Å²) in [6, 6.07) is 6.80. The Hall–Kier alpha value is -1.55. The summed E-state index contributed by atoms with van der Waals surface area (Å²) >= 11 is 5.88. The second-order valence-corrected chi connectivity index (χ2v) is 4.18. The smallest absolute Gasteiger partial charge is 0.252 e. The molecular formula is C12H15ClN2O2. The molecule has 1 aromatic rings. The molecule has 0 spiro atoms. The van der Waals surface area contributed by atoms with Gasteiger partial charge < -0.3 is 10.2 Å². The van der Waals surface area contributed by atoms with E-state index in [0.29, 0.717) is 17.1 Å². The van der Waals surface area contributed by atoms with Crippen LogP contribution < -0.4 is 5.32 Å². The van der Waals surface area contributed by atoms with Gasteiger partial charge in [-0.2, -0.15) is 0 Å². The first kappa shape index (κ1) is 13.5. The molecule has 0 saturated heterocycles. The number of carbonyl (C=O) groups excluding carboxylic acids is 2. The van der Waals surface area contributed by atoms with Crippen LogP contribution in [0.15, 0.2) is 24.3 Å². The summed E-state index contributed by atoms with van der Waals surface area (Å²) < 4.78 is 0. The van der Waals surface area contributed by atoms with E-state index in [2.05, 4.69) is 5.32 Å². The van der Waals surface area contributed by atoms with Crippen molar-refractivity contribution in [2.24, 2.45) is 0 Å². The van der Waals surface area contributed by atoms with E-state index < -0.39 is 0 Å². The second kappa shape index (κ2) is 6.25. The van der Waals surface area contributed by atoms with Crippen LogP contribution >= 0.6 is 11.6 Å². The summed E-state index contributed by atoms with van der Waals surface area (Å²) in [6.07, 6.45) is 0.281. The summed E-state index contributed by atoms with van der Waals surface area (Å²) in [5.41, 5.74) is 0.423. The van der Waals surface area contributed by atoms with Crippen molar-refractivity contribution < 1.29 is 9.59 Å². The molecule has 0 fully saturated rings. The van der Waals surface area contributed by atoms with Crippen molar-refractivity contribution in [3.8, 4) is 0 Å². The van der Waals surface area contributed by atoms with Crippen LogP contribution in [-0.2, 0) is 4.79 Å². The first-order valence-corrected chi connectivity index (χ1v) is 5.63. The summed E-state index contributed by atoms with van der Waals surface area (Å²) in [5.74, 6) is -0.286. The highest BCUT2D eigenvalue weighted by atomic mass is 35.5. The SMILES string of the molecule is CN(C)C(=O)CCNC(=O)c1ccccc1Cl. The number of halogens is 1. The number of hydrogen-bond acceptors (Lipinski definition) is 2. The monoisotopic (exact) mass is 254 g/mol. The number of amides is 2. The molecule has 0 aliphatic heterocycles. The van der Waals surface area contributed by atoms with Crippen LogP contribution in [-0.4, -0.2) is 37.4 Å². The molecule has 1 rings (SSSR count). The van der Waals surface area contributed by atoms with Gasteiger partial charge in [-0.05, 0) is 12.1 Å². The quantitative estimate of drug-likeness (QED) is 0.886. The highest BCUT2D eigenvalue weighted by molar-refractivity contribution is 6.33. The fourth-order valence-electron chi connectivity index (χ4n) is 1.25. The fourth-order valence-corrected chi connectivity index (χ4v) is 1.47. The zero-order valence-electron chi connectivity index (χ0n) is 9.87. The van der Waals surface area contributed by atoms with Gasteiger partial charge in [-0.25, -0.2) is 0 Å². The van der Waals surface area contributed by atoms with Crippen LogP contribution in [0.3, 0.4) is 0 Å². The lowest BCUT2D eigenvalue weighted by Gasteiger charge is -2.10. The zero-order chi connectivity index (χ0) is 12.8. The van der Waals surface area contributed by atoms with Crippen LogP contribution in [0.4, 0.5) is 0 Å². The van der Waals surface area contributed by atoms with E-state index >= 15 is 0 Å². The normalized spacial score (nSPS) is 9.82. The Bertz CT molecular complexity index is 419. The van der Waals surface area contributed by atoms with Crippen LogP contribution in [0.2, 0.25) is 5.02 Å². The third-order valence-corrected chi connectivity index (χ3v) is 2.57. The van der Waals surface area contributed by atoms with E-state index in [4.69, 9.17) is 11.6 Å². The first-order chi connectivity index (χ1) is 8.02. The molecule has 0 aliphatic rings. The average molecular weight is 255 g/mol. The zero-order valence-corrected chi connectivity index (χ0v) is 10.6. The van der Waals surface area contributed by atoms with Crippen molar-refractivity contribution in [1.29, 1.82) is 0 Å². The standard InChI is InChI=1S/C12H15ClN2O2/c1-15(2)11(16)7-8-14-12(17)9-5-3-4-6-10(9)13/h3-6H,7-8H2,1-2H3,(H,14,17). The van der Waals surface area contributed by atoms with Crippen LogP contribution in [0.1, 0.15) is 16.8 Å². The largest absolute Gasteiger partial charge is 0.351 e. The lowest BCUT2D eigenvalue weighted by atomic mass is 10.2. The Kier molecular flexibility index (Phi) is 4.97. The maximum Gasteiger partial charge on any atom is 0.252 e. The van der Waals surface area contributed by atoms with E-state index in [1.165, 1.54) is 4.90 Å². The number of nitrogens with zero attached hydrogens (tertiary/aromatic N) is 1. The molecule has 0 aliphatic carbocycles. The molecule has 0 aromatic heterocycles. The highest BCUT2D eigenvalue weighted by Gasteiger charge is 2.10. The van der Waals surface area contributed by atoms with Gasteiger partial charge in [0.2, 0.25) is 5.91 Å². The maximum atomic E-state index is 11.7. The van der Waals surface area contributed by atoms with E-state index in [1.807, 2.05) is 0 Å². The van der Waals surface area contributed by atoms with Gasteiger partial charge in [-0.15, -0.1) is 0 Å². The van der Waals surface area contributed by atoms with Gasteiger partial charge in [-0.1, -0.05) is 23.7 Å². The highest BCUT2D eigenvalue weighted by Crippen LogP contribution is 2.14. The number of hydrogen-bond donors (Lipinski definition) is 1. The fraction of sp³-hybridized carbons (Fsp3) is 0.333. The summed E-state index contributed by atoms with van der Waals surface area (Å²) in [6.45, 7) is 0.307. The van der Waals surface area contributed by atoms with Crippen molar-refractivity contribution in [3.05, 3.63) is 34.9 Å². The van der Waals surface area contributed by atoms with E-state index in [0.717, 1.165) is 0 Å². The predicted octanol–water partition coefficient (Wildman–Crippen LogP) is 1.55. The molecular weight excluding hydrogens is 240 g/mol. The van der Waals surface area contributed by atoms with E-state index in [9.17, 15) is 9.59 Å². The Labute approximate surface area is 106 Å². The van der Waals surface area contributed by atoms with Crippen molar-refractivity contribution >= 4 is 23.4 Å². The van der Waals surface area contributed by atoms with Gasteiger partial charge in [0.05, 0.1) is 10.6 Å². The van der Waals surface area contributed by atoms with Gasteiger partial charge >= 0.3 is 0 Å². The molecule has 0 bridgehead atoms. The third-order valence-electron chi connectivity index (χ3n) is 2.24. The summed E-state index contributed by atoms with van der Waals surface area (Å²) in [5, 5.41) is 3.06. The van der Waals surface area contributed by atoms with E-state index in [1.54, 1.807) is 38.4 Å². The average Bonchev–Trinajstić information content (AvgIpc) is 2.29. The lowest BCUT2D eigenvalue weighted by Crippen LogP contribution is -2.30. The molecule has 0 saturated carbocycles. The van der Waals surface area contributed by atoms with Crippen molar-refractivity contribution in [1.82, 2.24) is 10.2 Å². The van der Waals surface area contributed by atoms with Gasteiger partial charge in [0.1, 0.15) is 0 Å². The molecule has 0 atom stereocenters. The summed E-state index contributed by atoms with van der Waals surface area (Å²) in [7, 11) is 3.36.